The molecule has 0 heterocycles. The number of benzene rings is 1. The first-order valence-corrected chi connectivity index (χ1v) is 7.55. The summed E-state index contributed by atoms with van der Waals surface area (Å²) in [7, 11) is 0. The molecule has 0 saturated heterocycles. The molecule has 0 heteroatoms. The van der Waals surface area contributed by atoms with E-state index in [-0.39, 0.29) is 0 Å². The molecule has 2 aliphatic rings. The van der Waals surface area contributed by atoms with Gasteiger partial charge in [0.1, 0.15) is 0 Å². The van der Waals surface area contributed by atoms with Crippen molar-refractivity contribution in [1.29, 1.82) is 0 Å². The van der Waals surface area contributed by atoms with Crippen LogP contribution >= 0.6 is 0 Å². The zero-order chi connectivity index (χ0) is 11.7. The van der Waals surface area contributed by atoms with Crippen LogP contribution in [-0.2, 0) is 32.1 Å². The van der Waals surface area contributed by atoms with Crippen molar-refractivity contribution in [3.05, 3.63) is 33.9 Å². The van der Waals surface area contributed by atoms with E-state index in [0.717, 1.165) is 0 Å². The fourth-order valence-electron chi connectivity index (χ4n) is 3.81. The maximum atomic E-state index is 2.57. The second-order valence-electron chi connectivity index (χ2n) is 5.79. The smallest absolute Gasteiger partial charge is 0.0273 e. The Hall–Kier alpha value is -0.780. The second kappa shape index (κ2) is 4.84. The van der Waals surface area contributed by atoms with E-state index in [1.807, 2.05) is 0 Å². The van der Waals surface area contributed by atoms with Crippen LogP contribution in [0.25, 0.3) is 0 Å². The Kier molecular flexibility index (Phi) is 3.22. The van der Waals surface area contributed by atoms with Crippen molar-refractivity contribution in [2.45, 2.75) is 71.1 Å². The Morgan fingerprint density at radius 3 is 1.88 bits per heavy atom. The molecular formula is C17H24. The van der Waals surface area contributed by atoms with Crippen LogP contribution < -0.4 is 0 Å². The summed E-state index contributed by atoms with van der Waals surface area (Å²) in [6, 6.07) is 2.57. The molecule has 0 N–H and O–H groups in total. The molecule has 92 valence electrons. The quantitative estimate of drug-likeness (QED) is 0.704. The minimum Gasteiger partial charge on any atom is -0.0651 e. The van der Waals surface area contributed by atoms with Gasteiger partial charge >= 0.3 is 0 Å². The largest absolute Gasteiger partial charge is 0.0651 e. The van der Waals surface area contributed by atoms with Crippen molar-refractivity contribution < 1.29 is 0 Å². The highest BCUT2D eigenvalue weighted by atomic mass is 14.3. The van der Waals surface area contributed by atoms with Crippen LogP contribution in [0.3, 0.4) is 0 Å². The van der Waals surface area contributed by atoms with Crippen molar-refractivity contribution in [2.24, 2.45) is 0 Å². The van der Waals surface area contributed by atoms with Gasteiger partial charge in [0.2, 0.25) is 0 Å². The van der Waals surface area contributed by atoms with Gasteiger partial charge in [-0.3, -0.25) is 0 Å². The molecule has 0 nitrogen and oxygen atoms in total. The number of fused-ring (bicyclic) bond motifs is 2. The summed E-state index contributed by atoms with van der Waals surface area (Å²) in [5.41, 5.74) is 8.72. The van der Waals surface area contributed by atoms with E-state index in [1.165, 1.54) is 64.2 Å². The van der Waals surface area contributed by atoms with Crippen LogP contribution in [0.15, 0.2) is 6.07 Å². The van der Waals surface area contributed by atoms with Gasteiger partial charge in [0.15, 0.2) is 0 Å². The van der Waals surface area contributed by atoms with Gasteiger partial charge in [-0.2, -0.15) is 0 Å². The molecule has 0 aliphatic heterocycles. The highest BCUT2D eigenvalue weighted by molar-refractivity contribution is 5.48. The lowest BCUT2D eigenvalue weighted by Crippen LogP contribution is -2.14. The Labute approximate surface area is 105 Å². The topological polar surface area (TPSA) is 0 Å². The summed E-state index contributed by atoms with van der Waals surface area (Å²) in [5, 5.41) is 0. The third-order valence-electron chi connectivity index (χ3n) is 4.60. The average Bonchev–Trinajstić information content (AvgIpc) is 2.39. The van der Waals surface area contributed by atoms with Gasteiger partial charge < -0.3 is 0 Å². The molecule has 0 fully saturated rings. The molecule has 1 aromatic carbocycles. The Morgan fingerprint density at radius 2 is 1.35 bits per heavy atom. The maximum Gasteiger partial charge on any atom is -0.0273 e. The van der Waals surface area contributed by atoms with E-state index in [1.54, 1.807) is 27.8 Å². The second-order valence-corrected chi connectivity index (χ2v) is 5.79. The summed E-state index contributed by atoms with van der Waals surface area (Å²) < 4.78 is 0. The third-order valence-corrected chi connectivity index (χ3v) is 4.60. The van der Waals surface area contributed by atoms with Crippen molar-refractivity contribution >= 4 is 0 Å². The van der Waals surface area contributed by atoms with Crippen LogP contribution in [0, 0.1) is 0 Å². The van der Waals surface area contributed by atoms with E-state index >= 15 is 0 Å². The van der Waals surface area contributed by atoms with Crippen molar-refractivity contribution in [3.63, 3.8) is 0 Å². The molecule has 0 radical (unpaired) electrons. The van der Waals surface area contributed by atoms with Crippen LogP contribution in [0.4, 0.5) is 0 Å². The molecule has 1 aromatic rings. The average molecular weight is 228 g/mol. The predicted molar refractivity (Wildman–Crippen MR) is 73.7 cm³/mol. The molecule has 0 bridgehead atoms. The summed E-state index contributed by atoms with van der Waals surface area (Å²) in [6.07, 6.45) is 13.7. The first-order chi connectivity index (χ1) is 8.40. The number of rotatable bonds is 2. The summed E-state index contributed by atoms with van der Waals surface area (Å²) >= 11 is 0. The first-order valence-electron chi connectivity index (χ1n) is 7.55. The summed E-state index contributed by atoms with van der Waals surface area (Å²) in [4.78, 5) is 0. The minimum atomic E-state index is 1.31. The molecule has 2 aliphatic carbocycles. The van der Waals surface area contributed by atoms with E-state index in [4.69, 9.17) is 0 Å². The van der Waals surface area contributed by atoms with Gasteiger partial charge in [0.05, 0.1) is 0 Å². The zero-order valence-electron chi connectivity index (χ0n) is 11.1. The van der Waals surface area contributed by atoms with Gasteiger partial charge in [-0.1, -0.05) is 19.4 Å². The first kappa shape index (κ1) is 11.3. The van der Waals surface area contributed by atoms with Gasteiger partial charge in [-0.25, -0.2) is 0 Å². The van der Waals surface area contributed by atoms with Crippen molar-refractivity contribution in [3.8, 4) is 0 Å². The van der Waals surface area contributed by atoms with Gasteiger partial charge in [0.25, 0.3) is 0 Å². The lowest BCUT2D eigenvalue weighted by atomic mass is 9.78. The fourth-order valence-corrected chi connectivity index (χ4v) is 3.81. The maximum absolute atomic E-state index is 2.57. The van der Waals surface area contributed by atoms with Gasteiger partial charge in [-0.05, 0) is 85.6 Å². The lowest BCUT2D eigenvalue weighted by molar-refractivity contribution is 0.643. The summed E-state index contributed by atoms with van der Waals surface area (Å²) in [5.74, 6) is 0. The summed E-state index contributed by atoms with van der Waals surface area (Å²) in [6.45, 7) is 2.33. The van der Waals surface area contributed by atoms with Gasteiger partial charge in [0, 0.05) is 0 Å². The van der Waals surface area contributed by atoms with E-state index < -0.39 is 0 Å². The van der Waals surface area contributed by atoms with Crippen molar-refractivity contribution in [1.82, 2.24) is 0 Å². The van der Waals surface area contributed by atoms with Crippen molar-refractivity contribution in [2.75, 3.05) is 0 Å². The van der Waals surface area contributed by atoms with Crippen LogP contribution in [0.5, 0.6) is 0 Å². The SMILES string of the molecule is CCCc1c2c(cc3c1CCCC3)CCCC2. The van der Waals surface area contributed by atoms with E-state index in [2.05, 4.69) is 13.0 Å². The molecule has 0 aromatic heterocycles. The Morgan fingerprint density at radius 1 is 0.824 bits per heavy atom. The molecule has 0 spiro atoms. The predicted octanol–water partition coefficient (Wildman–Crippen LogP) is 4.40. The molecule has 0 saturated carbocycles. The minimum absolute atomic E-state index is 1.31. The molecule has 17 heavy (non-hydrogen) atoms. The Bertz CT molecular complexity index is 380. The van der Waals surface area contributed by atoms with Gasteiger partial charge in [-0.15, -0.1) is 0 Å². The number of hydrogen-bond acceptors (Lipinski definition) is 0. The van der Waals surface area contributed by atoms with Crippen LogP contribution in [0.2, 0.25) is 0 Å². The van der Waals surface area contributed by atoms with Crippen LogP contribution in [0.1, 0.15) is 66.8 Å². The molecule has 0 amide bonds. The molecule has 0 atom stereocenters. The highest BCUT2D eigenvalue weighted by Crippen LogP contribution is 2.34. The Balaban J connectivity index is 2.12. The van der Waals surface area contributed by atoms with E-state index in [9.17, 15) is 0 Å². The van der Waals surface area contributed by atoms with Crippen LogP contribution in [-0.4, -0.2) is 0 Å². The molecule has 3 rings (SSSR count). The third kappa shape index (κ3) is 2.03. The normalized spacial score (nSPS) is 18.6. The van der Waals surface area contributed by atoms with E-state index in [0.29, 0.717) is 0 Å². The monoisotopic (exact) mass is 228 g/mol. The lowest BCUT2D eigenvalue weighted by Gasteiger charge is -2.27. The molecular weight excluding hydrogens is 204 g/mol. The molecule has 0 unspecified atom stereocenters. The number of aryl methyl sites for hydroxylation is 2. The highest BCUT2D eigenvalue weighted by Gasteiger charge is 2.20. The number of hydrogen-bond donors (Lipinski definition) is 0. The fraction of sp³-hybridized carbons (Fsp3) is 0.647. The standard InChI is InChI=1S/C17H24/c1-2-7-17-15-10-5-3-8-13(15)12-14-9-4-6-11-16(14)17/h12H,2-11H2,1H3. The zero-order valence-corrected chi connectivity index (χ0v) is 11.1.